The fraction of sp³-hybridized carbons (Fsp3) is 0.333. The zero-order valence-electron chi connectivity index (χ0n) is 11.6. The van der Waals surface area contributed by atoms with Crippen LogP contribution in [0.2, 0.25) is 0 Å². The Hall–Kier alpha value is -2.30. The number of carboxylic acids is 1. The number of methoxy groups -OCH3 is 1. The number of carboxylic acid groups (broad SMARTS) is 1. The summed E-state index contributed by atoms with van der Waals surface area (Å²) < 4.78 is 10.0. The molecule has 0 amide bonds. The minimum Gasteiger partial charge on any atom is -0.496 e. The van der Waals surface area contributed by atoms with Gasteiger partial charge in [-0.3, -0.25) is 9.59 Å². The Labute approximate surface area is 117 Å². The summed E-state index contributed by atoms with van der Waals surface area (Å²) in [6.07, 6.45) is 3.50. The maximum atomic E-state index is 11.2. The lowest BCUT2D eigenvalue weighted by Gasteiger charge is -2.07. The molecule has 0 saturated heterocycles. The Morgan fingerprint density at radius 2 is 2.10 bits per heavy atom. The molecule has 0 aliphatic rings. The third-order valence-electron chi connectivity index (χ3n) is 2.54. The Morgan fingerprint density at radius 3 is 2.70 bits per heavy atom. The van der Waals surface area contributed by atoms with Crippen LogP contribution >= 0.6 is 0 Å². The van der Waals surface area contributed by atoms with Crippen LogP contribution in [-0.2, 0) is 20.7 Å². The molecule has 0 atom stereocenters. The Morgan fingerprint density at radius 1 is 1.35 bits per heavy atom. The average Bonchev–Trinajstić information content (AvgIpc) is 2.38. The first kappa shape index (κ1) is 15.8. The van der Waals surface area contributed by atoms with Crippen LogP contribution < -0.4 is 4.74 Å². The molecule has 0 fully saturated rings. The average molecular weight is 278 g/mol. The van der Waals surface area contributed by atoms with Gasteiger partial charge in [-0.15, -0.1) is 0 Å². The molecule has 5 heteroatoms. The number of benzene rings is 1. The molecule has 1 rings (SSSR count). The van der Waals surface area contributed by atoms with Gasteiger partial charge in [-0.05, 0) is 24.6 Å². The fourth-order valence-corrected chi connectivity index (χ4v) is 1.70. The molecule has 1 aromatic rings. The van der Waals surface area contributed by atoms with Gasteiger partial charge >= 0.3 is 11.9 Å². The molecule has 108 valence electrons. The van der Waals surface area contributed by atoms with Gasteiger partial charge in [-0.25, -0.2) is 0 Å². The van der Waals surface area contributed by atoms with Crippen molar-refractivity contribution < 1.29 is 24.2 Å². The minimum atomic E-state index is -0.892. The summed E-state index contributed by atoms with van der Waals surface area (Å²) in [5, 5.41) is 8.78. The highest BCUT2D eigenvalue weighted by atomic mass is 16.5. The summed E-state index contributed by atoms with van der Waals surface area (Å²) in [4.78, 5) is 21.9. The monoisotopic (exact) mass is 278 g/mol. The number of ether oxygens (including phenoxy) is 2. The maximum absolute atomic E-state index is 11.2. The van der Waals surface area contributed by atoms with Crippen LogP contribution in [-0.4, -0.2) is 30.8 Å². The van der Waals surface area contributed by atoms with E-state index in [1.807, 2.05) is 0 Å². The summed E-state index contributed by atoms with van der Waals surface area (Å²) in [5.41, 5.74) is 1.41. The summed E-state index contributed by atoms with van der Waals surface area (Å²) >= 11 is 0. The molecule has 1 aromatic carbocycles. The van der Waals surface area contributed by atoms with Crippen molar-refractivity contribution in [1.29, 1.82) is 0 Å². The Balaban J connectivity index is 2.82. The van der Waals surface area contributed by atoms with Crippen molar-refractivity contribution in [2.45, 2.75) is 19.8 Å². The molecule has 0 saturated carbocycles. The van der Waals surface area contributed by atoms with Crippen molar-refractivity contribution in [2.75, 3.05) is 13.7 Å². The van der Waals surface area contributed by atoms with Crippen LogP contribution in [0.3, 0.4) is 0 Å². The van der Waals surface area contributed by atoms with E-state index in [9.17, 15) is 9.59 Å². The number of hydrogen-bond acceptors (Lipinski definition) is 4. The number of carbonyl (C=O) groups is 2. The lowest BCUT2D eigenvalue weighted by molar-refractivity contribution is -0.142. The lowest BCUT2D eigenvalue weighted by Crippen LogP contribution is -2.02. The molecule has 0 aromatic heterocycles. The molecule has 0 bridgehead atoms. The van der Waals surface area contributed by atoms with E-state index >= 15 is 0 Å². The molecule has 0 spiro atoms. The first-order valence-electron chi connectivity index (χ1n) is 6.27. The second-order valence-electron chi connectivity index (χ2n) is 4.06. The first-order chi connectivity index (χ1) is 9.56. The first-order valence-corrected chi connectivity index (χ1v) is 6.27. The zero-order chi connectivity index (χ0) is 15.0. The van der Waals surface area contributed by atoms with E-state index in [-0.39, 0.29) is 18.8 Å². The summed E-state index contributed by atoms with van der Waals surface area (Å²) in [6.45, 7) is 2.10. The SMILES string of the molecule is CCOC(=O)CC=Cc1cc(CC(=O)O)ccc1OC. The molecule has 20 heavy (non-hydrogen) atoms. The van der Waals surface area contributed by atoms with Gasteiger partial charge in [0.1, 0.15) is 5.75 Å². The van der Waals surface area contributed by atoms with Crippen LogP contribution in [0.4, 0.5) is 0 Å². The molecule has 0 unspecified atom stereocenters. The molecule has 0 aliphatic heterocycles. The van der Waals surface area contributed by atoms with Gasteiger partial charge in [0, 0.05) is 5.56 Å². The normalized spacial score (nSPS) is 10.5. The van der Waals surface area contributed by atoms with Gasteiger partial charge in [0.25, 0.3) is 0 Å². The summed E-state index contributed by atoms with van der Waals surface area (Å²) in [7, 11) is 1.54. The number of carbonyl (C=O) groups excluding carboxylic acids is 1. The van der Waals surface area contributed by atoms with Crippen LogP contribution in [0.5, 0.6) is 5.75 Å². The van der Waals surface area contributed by atoms with E-state index in [0.29, 0.717) is 17.9 Å². The number of hydrogen-bond donors (Lipinski definition) is 1. The predicted molar refractivity (Wildman–Crippen MR) is 74.6 cm³/mol. The maximum Gasteiger partial charge on any atom is 0.309 e. The van der Waals surface area contributed by atoms with Gasteiger partial charge < -0.3 is 14.6 Å². The fourth-order valence-electron chi connectivity index (χ4n) is 1.70. The van der Waals surface area contributed by atoms with Crippen molar-refractivity contribution in [3.05, 3.63) is 35.4 Å². The van der Waals surface area contributed by atoms with Gasteiger partial charge in [-0.2, -0.15) is 0 Å². The topological polar surface area (TPSA) is 72.8 Å². The van der Waals surface area contributed by atoms with E-state index in [4.69, 9.17) is 14.6 Å². The molecule has 1 N–H and O–H groups in total. The highest BCUT2D eigenvalue weighted by Gasteiger charge is 2.05. The lowest BCUT2D eigenvalue weighted by atomic mass is 10.1. The van der Waals surface area contributed by atoms with Crippen molar-refractivity contribution in [3.8, 4) is 5.75 Å². The van der Waals surface area contributed by atoms with Crippen molar-refractivity contribution in [2.24, 2.45) is 0 Å². The summed E-state index contributed by atoms with van der Waals surface area (Å²) in [5.74, 6) is -0.569. The second kappa shape index (κ2) is 7.99. The standard InChI is InChI=1S/C15H18O5/c1-3-20-15(18)6-4-5-12-9-11(10-14(16)17)7-8-13(12)19-2/h4-5,7-9H,3,6,10H2,1-2H3,(H,16,17). The molecule has 0 aliphatic carbocycles. The van der Waals surface area contributed by atoms with Crippen LogP contribution in [0.15, 0.2) is 24.3 Å². The third kappa shape index (κ3) is 5.14. The smallest absolute Gasteiger partial charge is 0.309 e. The number of esters is 1. The van der Waals surface area contributed by atoms with E-state index in [0.717, 1.165) is 5.56 Å². The highest BCUT2D eigenvalue weighted by molar-refractivity contribution is 5.74. The Bertz CT molecular complexity index is 505. The molecule has 0 heterocycles. The molecule has 5 nitrogen and oxygen atoms in total. The van der Waals surface area contributed by atoms with Gasteiger partial charge in [0.05, 0.1) is 26.6 Å². The second-order valence-corrected chi connectivity index (χ2v) is 4.06. The quantitative estimate of drug-likeness (QED) is 0.775. The Kier molecular flexibility index (Phi) is 6.29. The van der Waals surface area contributed by atoms with Crippen molar-refractivity contribution in [1.82, 2.24) is 0 Å². The van der Waals surface area contributed by atoms with Crippen LogP contribution in [0.1, 0.15) is 24.5 Å². The van der Waals surface area contributed by atoms with Gasteiger partial charge in [-0.1, -0.05) is 18.2 Å². The molecule has 0 radical (unpaired) electrons. The highest BCUT2D eigenvalue weighted by Crippen LogP contribution is 2.22. The van der Waals surface area contributed by atoms with Crippen molar-refractivity contribution in [3.63, 3.8) is 0 Å². The minimum absolute atomic E-state index is 0.0529. The van der Waals surface area contributed by atoms with E-state index < -0.39 is 5.97 Å². The zero-order valence-corrected chi connectivity index (χ0v) is 11.6. The third-order valence-corrected chi connectivity index (χ3v) is 2.54. The van der Waals surface area contributed by atoms with E-state index in [1.165, 1.54) is 7.11 Å². The van der Waals surface area contributed by atoms with Gasteiger partial charge in [0.15, 0.2) is 0 Å². The number of aliphatic carboxylic acids is 1. The largest absolute Gasteiger partial charge is 0.496 e. The number of rotatable bonds is 7. The molecular formula is C15H18O5. The van der Waals surface area contributed by atoms with E-state index in [1.54, 1.807) is 37.3 Å². The van der Waals surface area contributed by atoms with Crippen molar-refractivity contribution >= 4 is 18.0 Å². The van der Waals surface area contributed by atoms with Crippen LogP contribution in [0.25, 0.3) is 6.08 Å². The van der Waals surface area contributed by atoms with Crippen LogP contribution in [0, 0.1) is 0 Å². The summed E-state index contributed by atoms with van der Waals surface area (Å²) in [6, 6.07) is 5.15. The molecular weight excluding hydrogens is 260 g/mol. The van der Waals surface area contributed by atoms with E-state index in [2.05, 4.69) is 0 Å². The van der Waals surface area contributed by atoms with Gasteiger partial charge in [0.2, 0.25) is 0 Å². The predicted octanol–water partition coefficient (Wildman–Crippen LogP) is 2.29.